The Balaban J connectivity index is 2.05. The molecule has 5 nitrogen and oxygen atoms in total. The summed E-state index contributed by atoms with van der Waals surface area (Å²) >= 11 is 0. The molecule has 0 radical (unpaired) electrons. The van der Waals surface area contributed by atoms with Gasteiger partial charge in [0.1, 0.15) is 0 Å². The lowest BCUT2D eigenvalue weighted by molar-refractivity contribution is -0.136. The van der Waals surface area contributed by atoms with Gasteiger partial charge in [-0.3, -0.25) is 9.69 Å². The van der Waals surface area contributed by atoms with Gasteiger partial charge in [0, 0.05) is 10.8 Å². The van der Waals surface area contributed by atoms with E-state index in [9.17, 15) is 13.2 Å². The van der Waals surface area contributed by atoms with Crippen LogP contribution < -0.4 is 0 Å². The fourth-order valence-electron chi connectivity index (χ4n) is 6.02. The highest BCUT2D eigenvalue weighted by Gasteiger charge is 2.72. The first-order valence-corrected chi connectivity index (χ1v) is 10.8. The molecule has 4 atom stereocenters. The average molecular weight is 369 g/mol. The van der Waals surface area contributed by atoms with Gasteiger partial charge in [0.05, 0.1) is 17.8 Å². The van der Waals surface area contributed by atoms with Crippen molar-refractivity contribution < 1.29 is 13.2 Å². The van der Waals surface area contributed by atoms with Crippen LogP contribution in [0.5, 0.6) is 0 Å². The molecule has 1 aliphatic heterocycles. The van der Waals surface area contributed by atoms with E-state index in [-0.39, 0.29) is 28.5 Å². The monoisotopic (exact) mass is 368 g/mol. The van der Waals surface area contributed by atoms with Gasteiger partial charge in [0.15, 0.2) is 0 Å². The molecule has 0 aromatic rings. The van der Waals surface area contributed by atoms with Crippen molar-refractivity contribution in [2.24, 2.45) is 22.2 Å². The third-order valence-electron chi connectivity index (χ3n) is 7.61. The number of sulfonamides is 1. The van der Waals surface area contributed by atoms with Crippen molar-refractivity contribution in [1.82, 2.24) is 9.21 Å². The quantitative estimate of drug-likeness (QED) is 0.716. The highest BCUT2D eigenvalue weighted by Crippen LogP contribution is 2.70. The predicted molar refractivity (Wildman–Crippen MR) is 99.4 cm³/mol. The first-order chi connectivity index (χ1) is 11.3. The lowest BCUT2D eigenvalue weighted by atomic mass is 9.69. The van der Waals surface area contributed by atoms with Crippen LogP contribution in [0.3, 0.4) is 0 Å². The minimum absolute atomic E-state index is 0.0265. The normalized spacial score (nSPS) is 36.5. The van der Waals surface area contributed by atoms with Crippen molar-refractivity contribution in [1.29, 1.82) is 0 Å². The number of likely N-dealkylation sites (N-methyl/N-ethyl adjacent to an activating group) is 1. The summed E-state index contributed by atoms with van der Waals surface area (Å²) in [5.41, 5.74) is -0.818. The zero-order valence-electron chi connectivity index (χ0n) is 16.4. The minimum Gasteiger partial charge on any atom is -0.297 e. The van der Waals surface area contributed by atoms with E-state index in [0.717, 1.165) is 19.3 Å². The number of carbonyl (C=O) groups is 1. The molecule has 142 valence electrons. The Labute approximate surface area is 152 Å². The SMILES string of the molecule is C=CC(C)(C)[C@H](C(=O)N1[C@H]2C[C@@H]3CC[C@@]2(CS1(=O)=O)C3(C)C)N(C)C. The number of amides is 1. The minimum atomic E-state index is -3.58. The fourth-order valence-corrected chi connectivity index (χ4v) is 8.56. The van der Waals surface area contributed by atoms with E-state index < -0.39 is 21.5 Å². The first-order valence-electron chi connectivity index (χ1n) is 9.18. The molecule has 25 heavy (non-hydrogen) atoms. The van der Waals surface area contributed by atoms with Crippen LogP contribution in [-0.4, -0.2) is 55.5 Å². The molecule has 1 saturated heterocycles. The van der Waals surface area contributed by atoms with Gasteiger partial charge in [0.2, 0.25) is 10.0 Å². The van der Waals surface area contributed by atoms with Crippen LogP contribution >= 0.6 is 0 Å². The van der Waals surface area contributed by atoms with Crippen LogP contribution in [-0.2, 0) is 14.8 Å². The smallest absolute Gasteiger partial charge is 0.254 e. The summed E-state index contributed by atoms with van der Waals surface area (Å²) in [7, 11) is 0.0761. The molecule has 0 unspecified atom stereocenters. The van der Waals surface area contributed by atoms with Gasteiger partial charge in [-0.15, -0.1) is 6.58 Å². The molecule has 3 aliphatic rings. The number of nitrogens with zero attached hydrogens (tertiary/aromatic N) is 2. The average Bonchev–Trinajstić information content (AvgIpc) is 2.93. The first kappa shape index (κ1) is 18.9. The van der Waals surface area contributed by atoms with Gasteiger partial charge in [-0.25, -0.2) is 12.7 Å². The number of hydrogen-bond acceptors (Lipinski definition) is 4. The molecule has 0 aromatic heterocycles. The van der Waals surface area contributed by atoms with Crippen molar-refractivity contribution in [3.63, 3.8) is 0 Å². The summed E-state index contributed by atoms with van der Waals surface area (Å²) < 4.78 is 27.5. The number of carbonyl (C=O) groups excluding carboxylic acids is 1. The summed E-state index contributed by atoms with van der Waals surface area (Å²) in [6, 6.07) is -0.723. The highest BCUT2D eigenvalue weighted by atomic mass is 32.2. The Bertz CT molecular complexity index is 710. The summed E-state index contributed by atoms with van der Waals surface area (Å²) in [4.78, 5) is 15.3. The van der Waals surface area contributed by atoms with Crippen molar-refractivity contribution in [2.45, 2.75) is 59.0 Å². The van der Waals surface area contributed by atoms with Crippen LogP contribution in [0.2, 0.25) is 0 Å². The van der Waals surface area contributed by atoms with Crippen LogP contribution in [0.1, 0.15) is 47.0 Å². The topological polar surface area (TPSA) is 57.7 Å². The van der Waals surface area contributed by atoms with Gasteiger partial charge < -0.3 is 0 Å². The van der Waals surface area contributed by atoms with E-state index in [1.807, 2.05) is 32.8 Å². The van der Waals surface area contributed by atoms with Gasteiger partial charge in [0.25, 0.3) is 5.91 Å². The van der Waals surface area contributed by atoms with E-state index in [0.29, 0.717) is 5.92 Å². The largest absolute Gasteiger partial charge is 0.297 e. The third-order valence-corrected chi connectivity index (χ3v) is 9.52. The van der Waals surface area contributed by atoms with Crippen molar-refractivity contribution in [3.05, 3.63) is 12.7 Å². The van der Waals surface area contributed by atoms with E-state index >= 15 is 0 Å². The van der Waals surface area contributed by atoms with Crippen LogP contribution in [0, 0.1) is 22.2 Å². The maximum atomic E-state index is 13.5. The lowest BCUT2D eigenvalue weighted by Gasteiger charge is -2.40. The lowest BCUT2D eigenvalue weighted by Crippen LogP contribution is -2.55. The van der Waals surface area contributed by atoms with Crippen LogP contribution in [0.15, 0.2) is 12.7 Å². The summed E-state index contributed by atoms with van der Waals surface area (Å²) in [5.74, 6) is 0.336. The molecule has 6 heteroatoms. The summed E-state index contributed by atoms with van der Waals surface area (Å²) in [5, 5.41) is 0. The third kappa shape index (κ3) is 2.29. The van der Waals surface area contributed by atoms with Gasteiger partial charge in [-0.05, 0) is 44.7 Å². The Hall–Kier alpha value is -0.880. The standard InChI is InChI=1S/C19H32N2O3S/c1-8-17(2,3)15(20(6)7)16(22)21-14-11-13-9-10-19(14,18(13,4)5)12-25(21,23)24/h8,13-15H,1,9-12H2,2-7H3/t13-,14-,15-,19-/m0/s1. The van der Waals surface area contributed by atoms with Crippen LogP contribution in [0.4, 0.5) is 0 Å². The number of fused-ring (bicyclic) bond motifs is 1. The van der Waals surface area contributed by atoms with E-state index in [1.54, 1.807) is 6.08 Å². The molecule has 3 rings (SSSR count). The van der Waals surface area contributed by atoms with E-state index in [4.69, 9.17) is 0 Å². The summed E-state index contributed by atoms with van der Waals surface area (Å²) in [6.07, 6.45) is 4.55. The second-order valence-electron chi connectivity index (χ2n) is 9.65. The summed E-state index contributed by atoms with van der Waals surface area (Å²) in [6.45, 7) is 12.1. The van der Waals surface area contributed by atoms with Gasteiger partial charge >= 0.3 is 0 Å². The maximum Gasteiger partial charge on any atom is 0.254 e. The van der Waals surface area contributed by atoms with Crippen molar-refractivity contribution in [2.75, 3.05) is 19.8 Å². The van der Waals surface area contributed by atoms with Crippen molar-refractivity contribution >= 4 is 15.9 Å². The van der Waals surface area contributed by atoms with Gasteiger partial charge in [-0.2, -0.15) is 0 Å². The fraction of sp³-hybridized carbons (Fsp3) is 0.842. The maximum absolute atomic E-state index is 13.5. The molecular formula is C19H32N2O3S. The molecule has 2 bridgehead atoms. The predicted octanol–water partition coefficient (Wildman–Crippen LogP) is 2.50. The zero-order valence-corrected chi connectivity index (χ0v) is 17.2. The zero-order chi connectivity index (χ0) is 19.0. The molecule has 0 N–H and O–H groups in total. The van der Waals surface area contributed by atoms with Crippen LogP contribution in [0.25, 0.3) is 0 Å². The molecule has 1 heterocycles. The van der Waals surface area contributed by atoms with E-state index in [2.05, 4.69) is 20.4 Å². The highest BCUT2D eigenvalue weighted by molar-refractivity contribution is 7.90. The second kappa shape index (κ2) is 5.32. The number of hydrogen-bond donors (Lipinski definition) is 0. The molecule has 1 spiro atoms. The molecule has 2 saturated carbocycles. The second-order valence-corrected chi connectivity index (χ2v) is 11.5. The number of rotatable bonds is 4. The Morgan fingerprint density at radius 2 is 1.96 bits per heavy atom. The molecule has 0 aromatic carbocycles. The molecule has 3 fully saturated rings. The van der Waals surface area contributed by atoms with E-state index in [1.165, 1.54) is 4.31 Å². The Kier molecular flexibility index (Phi) is 4.02. The van der Waals surface area contributed by atoms with Crippen molar-refractivity contribution in [3.8, 4) is 0 Å². The Morgan fingerprint density at radius 3 is 2.44 bits per heavy atom. The molecule has 2 aliphatic carbocycles. The Morgan fingerprint density at radius 1 is 1.36 bits per heavy atom. The molecular weight excluding hydrogens is 336 g/mol. The van der Waals surface area contributed by atoms with Gasteiger partial charge in [-0.1, -0.05) is 33.8 Å². The molecule has 1 amide bonds.